The van der Waals surface area contributed by atoms with Gasteiger partial charge in [-0.15, -0.1) is 0 Å². The van der Waals surface area contributed by atoms with Gasteiger partial charge < -0.3 is 13.7 Å². The lowest BCUT2D eigenvalue weighted by atomic mass is 9.67. The highest BCUT2D eigenvalue weighted by molar-refractivity contribution is 6.11. The monoisotopic (exact) mass is 833 g/mol. The maximum Gasteiger partial charge on any atom is 0.143 e. The molecule has 3 heteroatoms. The van der Waals surface area contributed by atoms with E-state index >= 15 is 0 Å². The first-order valence-corrected chi connectivity index (χ1v) is 22.2. The highest BCUT2D eigenvalue weighted by Gasteiger charge is 2.46. The predicted octanol–water partition coefficient (Wildman–Crippen LogP) is 17.2. The SMILES string of the molecule is C=Cc1c(/C=C\C)oc2c(-c3ccccc3N(c3ccc4c(c3)C(c3ccccc3)(c3ccccc3)c3ccccc3-4)c3ccccc3-c3cccc4c3oc3ccccc34)cccc12. The van der Waals surface area contributed by atoms with Crippen molar-refractivity contribution in [2.24, 2.45) is 0 Å². The van der Waals surface area contributed by atoms with Crippen LogP contribution in [-0.4, -0.2) is 0 Å². The molecule has 9 aromatic carbocycles. The van der Waals surface area contributed by atoms with Crippen LogP contribution in [0.1, 0.15) is 40.5 Å². The summed E-state index contributed by atoms with van der Waals surface area (Å²) in [6, 6.07) is 76.7. The topological polar surface area (TPSA) is 29.5 Å². The third-order valence-electron chi connectivity index (χ3n) is 13.3. The Kier molecular flexibility index (Phi) is 9.10. The van der Waals surface area contributed by atoms with E-state index in [1.165, 1.54) is 33.4 Å². The van der Waals surface area contributed by atoms with Gasteiger partial charge in [0.1, 0.15) is 22.5 Å². The van der Waals surface area contributed by atoms with Gasteiger partial charge in [-0.05, 0) is 76.7 Å². The molecule has 0 atom stereocenters. The first-order valence-electron chi connectivity index (χ1n) is 22.2. The molecule has 0 amide bonds. The highest BCUT2D eigenvalue weighted by atomic mass is 16.3. The molecule has 0 radical (unpaired) electrons. The Bertz CT molecular complexity index is 3610. The number of hydrogen-bond donors (Lipinski definition) is 0. The lowest BCUT2D eigenvalue weighted by molar-refractivity contribution is 0.604. The summed E-state index contributed by atoms with van der Waals surface area (Å²) in [6.07, 6.45) is 5.92. The standard InChI is InChI=1S/C62H43NO2/c1-3-21-58-44(4-2)50-30-19-31-51(60(50)64-58)47-27-12-16-35-56(47)63(57-36-17-13-28-48(57)52-32-20-33-53-49-29-14-18-37-59(49)65-61(52)53)43-38-39-46-45-26-11-15-34-54(45)62(55(46)40-43,41-22-7-5-8-23-41)42-24-9-6-10-25-42/h3-40H,2H2,1H3/b21-3-. The molecule has 12 rings (SSSR count). The summed E-state index contributed by atoms with van der Waals surface area (Å²) in [5.41, 5.74) is 17.5. The molecule has 2 aromatic heterocycles. The molecule has 11 aromatic rings. The van der Waals surface area contributed by atoms with Crippen molar-refractivity contribution in [3.05, 3.63) is 259 Å². The molecule has 65 heavy (non-hydrogen) atoms. The minimum absolute atomic E-state index is 0.584. The van der Waals surface area contributed by atoms with Crippen LogP contribution in [0.3, 0.4) is 0 Å². The zero-order chi connectivity index (χ0) is 43.5. The first-order chi connectivity index (χ1) is 32.2. The molecule has 0 spiro atoms. The summed E-state index contributed by atoms with van der Waals surface area (Å²) in [5, 5.41) is 3.21. The van der Waals surface area contributed by atoms with Crippen LogP contribution in [0, 0.1) is 0 Å². The van der Waals surface area contributed by atoms with Crippen molar-refractivity contribution in [2.45, 2.75) is 12.3 Å². The number of hydrogen-bond acceptors (Lipinski definition) is 3. The summed E-state index contributed by atoms with van der Waals surface area (Å²) >= 11 is 0. The van der Waals surface area contributed by atoms with Crippen molar-refractivity contribution in [1.82, 2.24) is 0 Å². The van der Waals surface area contributed by atoms with E-state index in [9.17, 15) is 0 Å². The van der Waals surface area contributed by atoms with Crippen molar-refractivity contribution in [3.8, 4) is 33.4 Å². The Morgan fingerprint density at radius 1 is 0.446 bits per heavy atom. The van der Waals surface area contributed by atoms with Crippen LogP contribution >= 0.6 is 0 Å². The Hall–Kier alpha value is -8.40. The van der Waals surface area contributed by atoms with Gasteiger partial charge in [0.25, 0.3) is 0 Å². The van der Waals surface area contributed by atoms with Crippen molar-refractivity contribution in [3.63, 3.8) is 0 Å². The van der Waals surface area contributed by atoms with Crippen molar-refractivity contribution in [1.29, 1.82) is 0 Å². The van der Waals surface area contributed by atoms with E-state index in [4.69, 9.17) is 8.83 Å². The minimum atomic E-state index is -0.584. The van der Waals surface area contributed by atoms with Crippen molar-refractivity contribution < 1.29 is 8.83 Å². The molecule has 0 unspecified atom stereocenters. The number of nitrogens with zero attached hydrogens (tertiary/aromatic N) is 1. The maximum absolute atomic E-state index is 6.76. The second-order valence-corrected chi connectivity index (χ2v) is 16.7. The summed E-state index contributed by atoms with van der Waals surface area (Å²) in [6.45, 7) is 6.20. The van der Waals surface area contributed by atoms with Gasteiger partial charge in [-0.2, -0.15) is 0 Å². The average molecular weight is 834 g/mol. The molecule has 1 aliphatic carbocycles. The molecule has 0 aliphatic heterocycles. The Morgan fingerprint density at radius 3 is 1.63 bits per heavy atom. The van der Waals surface area contributed by atoms with E-state index < -0.39 is 5.41 Å². The molecule has 0 saturated heterocycles. The fraction of sp³-hybridized carbons (Fsp3) is 0.0323. The summed E-state index contributed by atoms with van der Waals surface area (Å²) in [5.74, 6) is 0.792. The second kappa shape index (κ2) is 15.4. The van der Waals surface area contributed by atoms with E-state index in [-0.39, 0.29) is 0 Å². The number of allylic oxidation sites excluding steroid dienone is 1. The Labute approximate surface area is 378 Å². The van der Waals surface area contributed by atoms with Crippen LogP contribution in [0.5, 0.6) is 0 Å². The van der Waals surface area contributed by atoms with Crippen LogP contribution in [0.15, 0.2) is 234 Å². The highest BCUT2D eigenvalue weighted by Crippen LogP contribution is 2.58. The van der Waals surface area contributed by atoms with Gasteiger partial charge >= 0.3 is 0 Å². The molecule has 1 aliphatic rings. The molecular weight excluding hydrogens is 791 g/mol. The largest absolute Gasteiger partial charge is 0.455 e. The van der Waals surface area contributed by atoms with Gasteiger partial charge in [-0.3, -0.25) is 0 Å². The van der Waals surface area contributed by atoms with Crippen LogP contribution < -0.4 is 4.90 Å². The Balaban J connectivity index is 1.17. The smallest absolute Gasteiger partial charge is 0.143 e. The lowest BCUT2D eigenvalue weighted by Crippen LogP contribution is -2.28. The number of para-hydroxylation sites is 5. The van der Waals surface area contributed by atoms with Crippen molar-refractivity contribution >= 4 is 62.1 Å². The molecule has 0 saturated carbocycles. The molecule has 3 nitrogen and oxygen atoms in total. The predicted molar refractivity (Wildman–Crippen MR) is 271 cm³/mol. The first kappa shape index (κ1) is 38.3. The number of furan rings is 2. The van der Waals surface area contributed by atoms with E-state index in [2.05, 4.69) is 218 Å². The molecule has 0 bridgehead atoms. The van der Waals surface area contributed by atoms with Crippen LogP contribution in [0.2, 0.25) is 0 Å². The van der Waals surface area contributed by atoms with E-state index in [0.717, 1.165) is 83.5 Å². The third kappa shape index (κ3) is 5.82. The van der Waals surface area contributed by atoms with Gasteiger partial charge in [0.2, 0.25) is 0 Å². The van der Waals surface area contributed by atoms with Crippen LogP contribution in [0.25, 0.3) is 78.4 Å². The van der Waals surface area contributed by atoms with Crippen LogP contribution in [0.4, 0.5) is 17.1 Å². The minimum Gasteiger partial charge on any atom is -0.455 e. The maximum atomic E-state index is 6.76. The lowest BCUT2D eigenvalue weighted by Gasteiger charge is -2.35. The van der Waals surface area contributed by atoms with Gasteiger partial charge in [-0.25, -0.2) is 0 Å². The quantitative estimate of drug-likeness (QED) is 0.145. The fourth-order valence-corrected chi connectivity index (χ4v) is 10.6. The van der Waals surface area contributed by atoms with E-state index in [1.54, 1.807) is 0 Å². The van der Waals surface area contributed by atoms with Crippen LogP contribution in [-0.2, 0) is 5.41 Å². The molecule has 2 heterocycles. The number of fused-ring (bicyclic) bond motifs is 7. The third-order valence-corrected chi connectivity index (χ3v) is 13.3. The summed E-state index contributed by atoms with van der Waals surface area (Å²) < 4.78 is 13.5. The number of rotatable bonds is 9. The number of anilines is 3. The Morgan fingerprint density at radius 2 is 0.969 bits per heavy atom. The average Bonchev–Trinajstić information content (AvgIpc) is 4.03. The van der Waals surface area contributed by atoms with E-state index in [0.29, 0.717) is 0 Å². The number of benzene rings is 9. The molecule has 0 fully saturated rings. The molecular formula is C62H43NO2. The summed E-state index contributed by atoms with van der Waals surface area (Å²) in [7, 11) is 0. The van der Waals surface area contributed by atoms with E-state index in [1.807, 2.05) is 31.2 Å². The van der Waals surface area contributed by atoms with Crippen molar-refractivity contribution in [2.75, 3.05) is 4.90 Å². The van der Waals surface area contributed by atoms with Gasteiger partial charge in [0.15, 0.2) is 0 Å². The normalized spacial score (nSPS) is 12.8. The summed E-state index contributed by atoms with van der Waals surface area (Å²) in [4.78, 5) is 2.44. The zero-order valence-corrected chi connectivity index (χ0v) is 35.9. The van der Waals surface area contributed by atoms with Gasteiger partial charge in [0.05, 0.1) is 16.8 Å². The van der Waals surface area contributed by atoms with Gasteiger partial charge in [-0.1, -0.05) is 201 Å². The zero-order valence-electron chi connectivity index (χ0n) is 35.9. The fourth-order valence-electron chi connectivity index (χ4n) is 10.6. The van der Waals surface area contributed by atoms with Gasteiger partial charge in [0, 0.05) is 49.7 Å². The molecule has 308 valence electrons. The molecule has 0 N–H and O–H groups in total. The second-order valence-electron chi connectivity index (χ2n) is 16.7.